The van der Waals surface area contributed by atoms with Gasteiger partial charge >= 0.3 is 5.97 Å². The van der Waals surface area contributed by atoms with Crippen LogP contribution >= 0.6 is 8.03 Å². The van der Waals surface area contributed by atoms with E-state index in [-0.39, 0.29) is 5.97 Å². The van der Waals surface area contributed by atoms with Crippen molar-refractivity contribution >= 4 is 27.8 Å². The fraction of sp³-hybridized carbons (Fsp3) is 0.583. The summed E-state index contributed by atoms with van der Waals surface area (Å²) in [5, 5.41) is 3.80. The molecule has 178 valence electrons. The van der Waals surface area contributed by atoms with Gasteiger partial charge in [0.15, 0.2) is 0 Å². The van der Waals surface area contributed by atoms with Gasteiger partial charge in [0.1, 0.15) is 17.9 Å². The summed E-state index contributed by atoms with van der Waals surface area (Å²) in [6.07, 6.45) is 3.84. The van der Waals surface area contributed by atoms with E-state index >= 15 is 0 Å². The van der Waals surface area contributed by atoms with Gasteiger partial charge in [-0.25, -0.2) is 4.79 Å². The molecule has 1 aliphatic heterocycles. The number of esters is 1. The summed E-state index contributed by atoms with van der Waals surface area (Å²) >= 11 is 0. The standard InChI is InChI=1S/C24H38NO5PSi/c1-9-19-18(5)21-14-29-24(26)22(21)23(28-12-13-32(6,7)8)20(19)11-10-17(4)15-31(27)30-25-16(2)3/h10,31H,9,11-15H2,1-8H3/b17-10+. The molecule has 1 aliphatic rings. The third-order valence-corrected chi connectivity index (χ3v) is 8.33. The van der Waals surface area contributed by atoms with Crippen LogP contribution in [-0.4, -0.2) is 32.5 Å². The lowest BCUT2D eigenvalue weighted by atomic mass is 9.89. The molecule has 2 rings (SSSR count). The maximum atomic E-state index is 12.6. The molecule has 0 amide bonds. The number of cyclic esters (lactones) is 1. The van der Waals surface area contributed by atoms with Gasteiger partial charge in [-0.2, -0.15) is 0 Å². The van der Waals surface area contributed by atoms with Gasteiger partial charge in [-0.05, 0) is 57.7 Å². The van der Waals surface area contributed by atoms with E-state index in [4.69, 9.17) is 14.1 Å². The van der Waals surface area contributed by atoms with Crippen molar-refractivity contribution in [3.63, 3.8) is 0 Å². The van der Waals surface area contributed by atoms with Gasteiger partial charge in [-0.15, -0.1) is 0 Å². The summed E-state index contributed by atoms with van der Waals surface area (Å²) in [7, 11) is -3.56. The molecule has 6 nitrogen and oxygen atoms in total. The number of nitrogens with zero attached hydrogens (tertiary/aromatic N) is 1. The zero-order chi connectivity index (χ0) is 24.1. The highest BCUT2D eigenvalue weighted by atomic mass is 31.1. The first-order chi connectivity index (χ1) is 14.9. The van der Waals surface area contributed by atoms with Gasteiger partial charge < -0.3 is 14.1 Å². The minimum Gasteiger partial charge on any atom is -0.493 e. The lowest BCUT2D eigenvalue weighted by Crippen LogP contribution is -2.23. The second-order valence-electron chi connectivity index (χ2n) is 9.79. The predicted octanol–water partition coefficient (Wildman–Crippen LogP) is 6.32. The van der Waals surface area contributed by atoms with Crippen LogP contribution in [0.1, 0.15) is 60.3 Å². The Bertz CT molecular complexity index is 943. The maximum Gasteiger partial charge on any atom is 0.342 e. The lowest BCUT2D eigenvalue weighted by Gasteiger charge is -2.22. The van der Waals surface area contributed by atoms with Crippen molar-refractivity contribution in [2.45, 2.75) is 79.8 Å². The number of rotatable bonds is 11. The van der Waals surface area contributed by atoms with E-state index in [1.807, 2.05) is 6.92 Å². The van der Waals surface area contributed by atoms with E-state index in [9.17, 15) is 9.36 Å². The number of benzene rings is 1. The smallest absolute Gasteiger partial charge is 0.342 e. The second kappa shape index (κ2) is 11.3. The van der Waals surface area contributed by atoms with Crippen LogP contribution in [0.2, 0.25) is 25.7 Å². The molecule has 1 aromatic rings. The van der Waals surface area contributed by atoms with Gasteiger partial charge in [0.05, 0.1) is 18.5 Å². The van der Waals surface area contributed by atoms with E-state index in [0.717, 1.165) is 40.4 Å². The Kier molecular flexibility index (Phi) is 9.35. The minimum absolute atomic E-state index is 0.304. The van der Waals surface area contributed by atoms with Crippen molar-refractivity contribution in [2.24, 2.45) is 5.16 Å². The summed E-state index contributed by atoms with van der Waals surface area (Å²) in [5.74, 6) is 0.365. The van der Waals surface area contributed by atoms with Gasteiger partial charge in [0, 0.05) is 19.2 Å². The molecule has 1 unspecified atom stereocenters. The van der Waals surface area contributed by atoms with Crippen molar-refractivity contribution in [3.05, 3.63) is 39.5 Å². The number of carbonyl (C=O) groups is 1. The summed E-state index contributed by atoms with van der Waals surface area (Å²) in [6.45, 7) is 17.6. The van der Waals surface area contributed by atoms with Gasteiger partial charge in [0.2, 0.25) is 0 Å². The molecule has 8 heteroatoms. The summed E-state index contributed by atoms with van der Waals surface area (Å²) in [6, 6.07) is 1.01. The van der Waals surface area contributed by atoms with Crippen LogP contribution in [0.4, 0.5) is 0 Å². The first-order valence-corrected chi connectivity index (χ1v) is 16.5. The molecule has 0 bridgehead atoms. The molecule has 0 saturated carbocycles. The zero-order valence-electron chi connectivity index (χ0n) is 20.8. The summed E-state index contributed by atoms with van der Waals surface area (Å²) in [4.78, 5) is 12.6. The molecule has 1 heterocycles. The molecule has 0 aliphatic carbocycles. The largest absolute Gasteiger partial charge is 0.493 e. The van der Waals surface area contributed by atoms with Crippen LogP contribution in [-0.2, 0) is 33.4 Å². The molecular formula is C24H38NO5PSi. The fourth-order valence-corrected chi connectivity index (χ4v) is 5.35. The molecular weight excluding hydrogens is 441 g/mol. The highest BCUT2D eigenvalue weighted by Gasteiger charge is 2.32. The van der Waals surface area contributed by atoms with Crippen LogP contribution in [0, 0.1) is 6.92 Å². The van der Waals surface area contributed by atoms with Crippen LogP contribution in [0.25, 0.3) is 0 Å². The van der Waals surface area contributed by atoms with E-state index in [2.05, 4.69) is 44.7 Å². The van der Waals surface area contributed by atoms with Crippen molar-refractivity contribution in [1.82, 2.24) is 0 Å². The molecule has 0 fully saturated rings. The lowest BCUT2D eigenvalue weighted by molar-refractivity contribution is 0.0532. The van der Waals surface area contributed by atoms with E-state index in [1.165, 1.54) is 5.56 Å². The van der Waals surface area contributed by atoms with Crippen molar-refractivity contribution < 1.29 is 23.5 Å². The first-order valence-electron chi connectivity index (χ1n) is 11.3. The van der Waals surface area contributed by atoms with Gasteiger partial charge in [0.25, 0.3) is 8.03 Å². The Labute approximate surface area is 194 Å². The Morgan fingerprint density at radius 1 is 1.22 bits per heavy atom. The first kappa shape index (κ1) is 26.4. The number of hydrogen-bond acceptors (Lipinski definition) is 6. The molecule has 0 aromatic heterocycles. The molecule has 0 N–H and O–H groups in total. The van der Waals surface area contributed by atoms with Crippen molar-refractivity contribution in [1.29, 1.82) is 0 Å². The summed E-state index contributed by atoms with van der Waals surface area (Å²) in [5.41, 5.74) is 6.57. The third-order valence-electron chi connectivity index (χ3n) is 5.48. The highest BCUT2D eigenvalue weighted by Crippen LogP contribution is 2.39. The van der Waals surface area contributed by atoms with Gasteiger partial charge in [-0.1, -0.05) is 43.4 Å². The Morgan fingerprint density at radius 2 is 1.91 bits per heavy atom. The molecule has 0 radical (unpaired) electrons. The van der Waals surface area contributed by atoms with E-state index < -0.39 is 16.1 Å². The van der Waals surface area contributed by atoms with Gasteiger partial charge in [-0.3, -0.25) is 4.57 Å². The number of oxime groups is 1. The van der Waals surface area contributed by atoms with E-state index in [1.54, 1.807) is 13.8 Å². The topological polar surface area (TPSA) is 74.2 Å². The maximum absolute atomic E-state index is 12.6. The normalized spacial score (nSPS) is 14.6. The minimum atomic E-state index is -2.28. The van der Waals surface area contributed by atoms with Crippen molar-refractivity contribution in [2.75, 3.05) is 12.8 Å². The van der Waals surface area contributed by atoms with Crippen LogP contribution in [0.5, 0.6) is 5.75 Å². The quantitative estimate of drug-likeness (QED) is 0.0927. The molecule has 1 aromatic carbocycles. The average Bonchev–Trinajstić information content (AvgIpc) is 3.07. The fourth-order valence-electron chi connectivity index (χ4n) is 3.69. The van der Waals surface area contributed by atoms with Crippen molar-refractivity contribution in [3.8, 4) is 5.75 Å². The number of hydrogen-bond donors (Lipinski definition) is 0. The van der Waals surface area contributed by atoms with Crippen LogP contribution in [0.3, 0.4) is 0 Å². The number of carbonyl (C=O) groups excluding carboxylic acids is 1. The number of ether oxygens (including phenoxy) is 2. The number of fused-ring (bicyclic) bond motifs is 1. The zero-order valence-corrected chi connectivity index (χ0v) is 22.8. The monoisotopic (exact) mass is 479 g/mol. The molecule has 1 atom stereocenters. The molecule has 32 heavy (non-hydrogen) atoms. The second-order valence-corrected chi connectivity index (χ2v) is 16.7. The predicted molar refractivity (Wildman–Crippen MR) is 135 cm³/mol. The Balaban J connectivity index is 2.38. The molecule has 0 saturated heterocycles. The average molecular weight is 480 g/mol. The Morgan fingerprint density at radius 3 is 2.50 bits per heavy atom. The highest BCUT2D eigenvalue weighted by molar-refractivity contribution is 7.39. The SMILES string of the molecule is CCc1c(C)c2c(c(OCC[Si](C)(C)C)c1C/C=C(\C)C[PH](=O)ON=C(C)C)C(=O)OC2. The Hall–Kier alpha value is -1.85. The summed E-state index contributed by atoms with van der Waals surface area (Å²) < 4.78 is 29.0. The third kappa shape index (κ3) is 7.07. The van der Waals surface area contributed by atoms with E-state index in [0.29, 0.717) is 37.1 Å². The van der Waals surface area contributed by atoms with Crippen LogP contribution < -0.4 is 4.74 Å². The van der Waals surface area contributed by atoms with Crippen LogP contribution in [0.15, 0.2) is 16.8 Å². The molecule has 0 spiro atoms. The number of allylic oxidation sites excluding steroid dienone is 2.